The Labute approximate surface area is 163 Å². The molecule has 1 heterocycles. The van der Waals surface area contributed by atoms with E-state index in [0.717, 1.165) is 19.3 Å². The van der Waals surface area contributed by atoms with Gasteiger partial charge in [0.2, 0.25) is 6.41 Å². The van der Waals surface area contributed by atoms with Crippen LogP contribution in [0.1, 0.15) is 40.5 Å². The number of rotatable bonds is 12. The van der Waals surface area contributed by atoms with E-state index in [1.807, 2.05) is 27.7 Å². The predicted molar refractivity (Wildman–Crippen MR) is 101 cm³/mol. The van der Waals surface area contributed by atoms with Crippen LogP contribution in [-0.2, 0) is 28.6 Å². The summed E-state index contributed by atoms with van der Waals surface area (Å²) in [7, 11) is 0. The fraction of sp³-hybridized carbons (Fsp3) is 0.842. The monoisotopic (exact) mass is 388 g/mol. The van der Waals surface area contributed by atoms with Crippen molar-refractivity contribution in [2.75, 3.05) is 53.4 Å². The van der Waals surface area contributed by atoms with Crippen molar-refractivity contribution in [3.05, 3.63) is 12.7 Å². The molecule has 0 aliphatic carbocycles. The van der Waals surface area contributed by atoms with E-state index in [4.69, 9.17) is 23.8 Å². The van der Waals surface area contributed by atoms with Gasteiger partial charge in [-0.2, -0.15) is 0 Å². The summed E-state index contributed by atoms with van der Waals surface area (Å²) in [5.74, 6) is 0. The van der Waals surface area contributed by atoms with Gasteiger partial charge in [-0.05, 0) is 26.7 Å². The van der Waals surface area contributed by atoms with Crippen molar-refractivity contribution < 1.29 is 28.6 Å². The predicted octanol–water partition coefficient (Wildman–Crippen LogP) is 2.36. The highest BCUT2D eigenvalue weighted by Gasteiger charge is 2.41. The number of hydrogen-bond acceptors (Lipinski definition) is 7. The van der Waals surface area contributed by atoms with Gasteiger partial charge in [0.05, 0.1) is 13.2 Å². The highest BCUT2D eigenvalue weighted by Crippen LogP contribution is 2.35. The molecule has 0 aromatic heterocycles. The molecule has 0 saturated carbocycles. The third-order valence-corrected chi connectivity index (χ3v) is 5.05. The number of nitrogens with zero attached hydrogens (tertiary/aromatic N) is 2. The fourth-order valence-electron chi connectivity index (χ4n) is 2.38. The summed E-state index contributed by atoms with van der Waals surface area (Å²) in [6.07, 6.45) is 4.43. The van der Waals surface area contributed by atoms with Gasteiger partial charge in [0.1, 0.15) is 20.2 Å². The number of amides is 1. The molecule has 8 heteroatoms. The lowest BCUT2D eigenvalue weighted by molar-refractivity contribution is -0.287. The van der Waals surface area contributed by atoms with Crippen molar-refractivity contribution >= 4 is 6.41 Å². The van der Waals surface area contributed by atoms with Gasteiger partial charge in [-0.25, -0.2) is 0 Å². The van der Waals surface area contributed by atoms with Crippen LogP contribution in [-0.4, -0.2) is 75.3 Å². The molecule has 1 aliphatic rings. The largest absolute Gasteiger partial charge is 0.364 e. The molecule has 1 saturated heterocycles. The molecule has 0 N–H and O–H groups in total. The summed E-state index contributed by atoms with van der Waals surface area (Å²) in [5, 5.41) is 1.60. The highest BCUT2D eigenvalue weighted by atomic mass is 16.8. The van der Waals surface area contributed by atoms with Gasteiger partial charge >= 0.3 is 0 Å². The van der Waals surface area contributed by atoms with E-state index in [1.165, 1.54) is 0 Å². The SMILES string of the molecule is C=CCOCN(C=O)C(C)(C)C(C)(C)COCON1COCCCCOC1. The maximum atomic E-state index is 11.5. The van der Waals surface area contributed by atoms with E-state index in [1.54, 1.807) is 16.0 Å². The first-order chi connectivity index (χ1) is 12.8. The van der Waals surface area contributed by atoms with Crippen LogP contribution in [0.25, 0.3) is 0 Å². The molecule has 1 aliphatic heterocycles. The zero-order chi connectivity index (χ0) is 20.2. The quantitative estimate of drug-likeness (QED) is 0.220. The third-order valence-electron chi connectivity index (χ3n) is 5.05. The highest BCUT2D eigenvalue weighted by molar-refractivity contribution is 5.48. The molecule has 0 spiro atoms. The minimum atomic E-state index is -0.486. The Morgan fingerprint density at radius 3 is 2.30 bits per heavy atom. The van der Waals surface area contributed by atoms with E-state index in [2.05, 4.69) is 6.58 Å². The van der Waals surface area contributed by atoms with Crippen LogP contribution in [0.3, 0.4) is 0 Å². The average Bonchev–Trinajstić information content (AvgIpc) is 2.76. The maximum Gasteiger partial charge on any atom is 0.211 e. The zero-order valence-electron chi connectivity index (χ0n) is 17.3. The number of hydroxylamine groups is 2. The molecule has 158 valence electrons. The van der Waals surface area contributed by atoms with Gasteiger partial charge in [-0.1, -0.05) is 19.9 Å². The Hall–Kier alpha value is -1.03. The first kappa shape index (κ1) is 24.0. The van der Waals surface area contributed by atoms with Gasteiger partial charge in [-0.3, -0.25) is 9.63 Å². The van der Waals surface area contributed by atoms with Crippen molar-refractivity contribution in [2.45, 2.75) is 46.1 Å². The van der Waals surface area contributed by atoms with Gasteiger partial charge in [0, 0.05) is 24.2 Å². The second-order valence-electron chi connectivity index (χ2n) is 7.67. The van der Waals surface area contributed by atoms with Crippen LogP contribution >= 0.6 is 0 Å². The van der Waals surface area contributed by atoms with E-state index < -0.39 is 5.54 Å². The summed E-state index contributed by atoms with van der Waals surface area (Å²) >= 11 is 0. The number of carbonyl (C=O) groups excluding carboxylic acids is 1. The lowest BCUT2D eigenvalue weighted by Gasteiger charge is -2.47. The lowest BCUT2D eigenvalue weighted by atomic mass is 9.74. The molecule has 8 nitrogen and oxygen atoms in total. The molecular formula is C19H36N2O6. The Kier molecular flexibility index (Phi) is 11.1. The van der Waals surface area contributed by atoms with Gasteiger partial charge in [0.15, 0.2) is 6.79 Å². The molecule has 27 heavy (non-hydrogen) atoms. The van der Waals surface area contributed by atoms with Gasteiger partial charge < -0.3 is 23.8 Å². The zero-order valence-corrected chi connectivity index (χ0v) is 17.3. The van der Waals surface area contributed by atoms with Crippen molar-refractivity contribution in [2.24, 2.45) is 5.41 Å². The van der Waals surface area contributed by atoms with Crippen LogP contribution < -0.4 is 0 Å². The van der Waals surface area contributed by atoms with Crippen LogP contribution in [0.5, 0.6) is 0 Å². The van der Waals surface area contributed by atoms with Crippen LogP contribution in [0.2, 0.25) is 0 Å². The summed E-state index contributed by atoms with van der Waals surface area (Å²) in [6.45, 7) is 14.8. The van der Waals surface area contributed by atoms with E-state index in [-0.39, 0.29) is 18.9 Å². The molecule has 1 fully saturated rings. The van der Waals surface area contributed by atoms with Gasteiger partial charge in [0.25, 0.3) is 0 Å². The minimum Gasteiger partial charge on any atom is -0.364 e. The van der Waals surface area contributed by atoms with E-state index in [9.17, 15) is 4.79 Å². The Bertz CT molecular complexity index is 420. The molecule has 0 atom stereocenters. The first-order valence-corrected chi connectivity index (χ1v) is 9.37. The van der Waals surface area contributed by atoms with E-state index in [0.29, 0.717) is 39.9 Å². The topological polar surface area (TPSA) is 69.7 Å². The molecule has 0 aromatic carbocycles. The molecule has 0 bridgehead atoms. The standard InChI is InChI=1S/C19H36N2O6/c1-6-9-23-14-20(13-22)19(4,5)18(2,3)12-26-17-27-21-15-24-10-7-8-11-25-16-21/h6,13H,1,7-12,14-17H2,2-5H3. The van der Waals surface area contributed by atoms with Crippen molar-refractivity contribution in [3.8, 4) is 0 Å². The van der Waals surface area contributed by atoms with Crippen LogP contribution in [0.15, 0.2) is 12.7 Å². The van der Waals surface area contributed by atoms with Crippen molar-refractivity contribution in [1.82, 2.24) is 9.96 Å². The summed E-state index contributed by atoms with van der Waals surface area (Å²) < 4.78 is 22.2. The molecule has 0 aromatic rings. The Morgan fingerprint density at radius 2 is 1.74 bits per heavy atom. The van der Waals surface area contributed by atoms with Crippen molar-refractivity contribution in [3.63, 3.8) is 0 Å². The molecule has 1 rings (SSSR count). The van der Waals surface area contributed by atoms with Gasteiger partial charge in [-0.15, -0.1) is 11.6 Å². The fourth-order valence-corrected chi connectivity index (χ4v) is 2.38. The van der Waals surface area contributed by atoms with Crippen LogP contribution in [0, 0.1) is 5.41 Å². The third kappa shape index (κ3) is 8.25. The molecule has 1 amide bonds. The Balaban J connectivity index is 2.44. The summed E-state index contributed by atoms with van der Waals surface area (Å²) in [6, 6.07) is 0. The first-order valence-electron chi connectivity index (χ1n) is 9.37. The average molecular weight is 389 g/mol. The molecule has 0 radical (unpaired) electrons. The van der Waals surface area contributed by atoms with Crippen LogP contribution in [0.4, 0.5) is 0 Å². The summed E-state index contributed by atoms with van der Waals surface area (Å²) in [5.41, 5.74) is -0.823. The smallest absolute Gasteiger partial charge is 0.211 e. The number of carbonyl (C=O) groups is 1. The normalized spacial score (nSPS) is 17.6. The maximum absolute atomic E-state index is 11.5. The Morgan fingerprint density at radius 1 is 1.11 bits per heavy atom. The lowest BCUT2D eigenvalue weighted by Crippen LogP contribution is -2.56. The van der Waals surface area contributed by atoms with Crippen molar-refractivity contribution in [1.29, 1.82) is 0 Å². The minimum absolute atomic E-state index is 0.0836. The molecule has 0 unspecified atom stereocenters. The number of ether oxygens (including phenoxy) is 4. The molecular weight excluding hydrogens is 352 g/mol. The second-order valence-corrected chi connectivity index (χ2v) is 7.67. The summed E-state index contributed by atoms with van der Waals surface area (Å²) in [4.78, 5) is 18.8. The number of hydrogen-bond donors (Lipinski definition) is 0. The second kappa shape index (κ2) is 12.4. The van der Waals surface area contributed by atoms with E-state index >= 15 is 0 Å².